The van der Waals surface area contributed by atoms with Crippen LogP contribution in [0.2, 0.25) is 0 Å². The van der Waals surface area contributed by atoms with Gasteiger partial charge in [-0.15, -0.1) is 11.6 Å². The Morgan fingerprint density at radius 1 is 1.09 bits per heavy atom. The number of carbonyl (C=O) groups is 4. The van der Waals surface area contributed by atoms with Crippen LogP contribution >= 0.6 is 11.6 Å². The Morgan fingerprint density at radius 3 is 2.37 bits per heavy atom. The number of hydrogen-bond acceptors (Lipinski definition) is 7. The number of hydrazine groups is 1. The molecular weight excluding hydrogens is 483 g/mol. The minimum Gasteiger partial charge on any atom is -0.493 e. The maximum atomic E-state index is 13.2. The number of carbonyl (C=O) groups excluding carboxylic acids is 4. The number of esters is 1. The number of ketones is 1. The van der Waals surface area contributed by atoms with Gasteiger partial charge in [-0.1, -0.05) is 0 Å². The van der Waals surface area contributed by atoms with Gasteiger partial charge in [-0.05, 0) is 42.5 Å². The third kappa shape index (κ3) is 6.27. The second kappa shape index (κ2) is 11.7. The molecule has 0 spiro atoms. The fourth-order valence-corrected chi connectivity index (χ4v) is 3.72. The summed E-state index contributed by atoms with van der Waals surface area (Å²) < 4.78 is 28.9. The molecule has 2 atom stereocenters. The highest BCUT2D eigenvalue weighted by Crippen LogP contribution is 2.28. The van der Waals surface area contributed by atoms with Crippen molar-refractivity contribution in [1.29, 1.82) is 0 Å². The zero-order chi connectivity index (χ0) is 25.5. The molecule has 1 N–H and O–H groups in total. The Hall–Kier alpha value is -3.66. The quantitative estimate of drug-likeness (QED) is 0.299. The molecule has 2 aromatic rings. The van der Waals surface area contributed by atoms with Crippen molar-refractivity contribution >= 4 is 35.2 Å². The van der Waals surface area contributed by atoms with E-state index in [1.165, 1.54) is 38.5 Å². The molecule has 2 amide bonds. The molecule has 2 aromatic carbocycles. The number of hydrogen-bond donors (Lipinski definition) is 1. The van der Waals surface area contributed by atoms with E-state index in [-0.39, 0.29) is 36.4 Å². The average Bonchev–Trinajstić information content (AvgIpc) is 3.23. The van der Waals surface area contributed by atoms with Gasteiger partial charge in [-0.2, -0.15) is 0 Å². The van der Waals surface area contributed by atoms with E-state index in [2.05, 4.69) is 5.43 Å². The summed E-state index contributed by atoms with van der Waals surface area (Å²) in [5.74, 6) is -2.95. The first-order chi connectivity index (χ1) is 16.8. The van der Waals surface area contributed by atoms with Crippen LogP contribution in [0.3, 0.4) is 0 Å². The molecule has 35 heavy (non-hydrogen) atoms. The van der Waals surface area contributed by atoms with Gasteiger partial charge in [0.25, 0.3) is 5.91 Å². The first kappa shape index (κ1) is 26.0. The van der Waals surface area contributed by atoms with Crippen LogP contribution in [0.15, 0.2) is 42.5 Å². The summed E-state index contributed by atoms with van der Waals surface area (Å²) >= 11 is 5.77. The number of ether oxygens (including phenoxy) is 3. The summed E-state index contributed by atoms with van der Waals surface area (Å²) in [6.45, 7) is -0.130. The lowest BCUT2D eigenvalue weighted by atomic mass is 10.0. The Bertz CT molecular complexity index is 1110. The molecule has 0 aromatic heterocycles. The first-order valence-electron chi connectivity index (χ1n) is 10.7. The molecule has 186 valence electrons. The number of benzene rings is 2. The van der Waals surface area contributed by atoms with E-state index in [1.807, 2.05) is 0 Å². The second-order valence-corrected chi connectivity index (χ2v) is 8.07. The summed E-state index contributed by atoms with van der Waals surface area (Å²) in [6, 6.07) is 9.34. The summed E-state index contributed by atoms with van der Waals surface area (Å²) in [7, 11) is 2.89. The van der Waals surface area contributed by atoms with Crippen molar-refractivity contribution < 1.29 is 37.8 Å². The largest absolute Gasteiger partial charge is 0.493 e. The number of nitrogens with zero attached hydrogens (tertiary/aromatic N) is 1. The van der Waals surface area contributed by atoms with Crippen molar-refractivity contribution in [3.8, 4) is 11.5 Å². The van der Waals surface area contributed by atoms with Gasteiger partial charge in [0.2, 0.25) is 11.7 Å². The number of methoxy groups -OCH3 is 2. The molecule has 0 radical (unpaired) electrons. The van der Waals surface area contributed by atoms with E-state index in [4.69, 9.17) is 25.8 Å². The second-order valence-electron chi connectivity index (χ2n) is 7.69. The van der Waals surface area contributed by atoms with E-state index in [0.717, 1.165) is 17.1 Å². The molecule has 0 unspecified atom stereocenters. The topological polar surface area (TPSA) is 111 Å². The van der Waals surface area contributed by atoms with Crippen molar-refractivity contribution in [2.45, 2.75) is 18.9 Å². The van der Waals surface area contributed by atoms with Crippen LogP contribution in [0.25, 0.3) is 0 Å². The molecule has 1 aliphatic heterocycles. The lowest BCUT2D eigenvalue weighted by Gasteiger charge is -2.20. The van der Waals surface area contributed by atoms with E-state index in [1.54, 1.807) is 6.07 Å². The molecule has 0 bridgehead atoms. The van der Waals surface area contributed by atoms with Gasteiger partial charge in [-0.25, -0.2) is 4.39 Å². The number of amides is 2. The number of halogens is 2. The summed E-state index contributed by atoms with van der Waals surface area (Å²) in [4.78, 5) is 50.5. The summed E-state index contributed by atoms with van der Waals surface area (Å²) in [5, 5.41) is 1.03. The van der Waals surface area contributed by atoms with Crippen LogP contribution in [0.5, 0.6) is 11.5 Å². The zero-order valence-corrected chi connectivity index (χ0v) is 19.8. The maximum Gasteiger partial charge on any atom is 0.312 e. The van der Waals surface area contributed by atoms with Gasteiger partial charge in [0.15, 0.2) is 17.6 Å². The third-order valence-electron chi connectivity index (χ3n) is 5.39. The van der Waals surface area contributed by atoms with Crippen molar-refractivity contribution in [1.82, 2.24) is 10.4 Å². The standard InChI is InChI=1S/C24H24ClFN2O7/c1-33-18-8-5-15(11-20(18)34-2)23(31)27-28-13-16(12-21(28)29)24(32)35-19(9-10-25)22(30)14-3-6-17(26)7-4-14/h3-8,11,16,19H,9-10,12-13H2,1-2H3,(H,27,31)/t16-,19-/m1/s1. The molecule has 0 aliphatic carbocycles. The van der Waals surface area contributed by atoms with Crippen molar-refractivity contribution in [3.05, 3.63) is 59.4 Å². The van der Waals surface area contributed by atoms with Crippen molar-refractivity contribution in [2.75, 3.05) is 26.6 Å². The van der Waals surface area contributed by atoms with Gasteiger partial charge in [0.05, 0.1) is 26.7 Å². The van der Waals surface area contributed by atoms with Gasteiger partial charge in [0.1, 0.15) is 5.82 Å². The summed E-state index contributed by atoms with van der Waals surface area (Å²) in [6.07, 6.45) is -1.34. The first-order valence-corrected chi connectivity index (χ1v) is 11.2. The Morgan fingerprint density at radius 2 is 1.74 bits per heavy atom. The average molecular weight is 507 g/mol. The Balaban J connectivity index is 1.63. The van der Waals surface area contributed by atoms with Gasteiger partial charge in [-0.3, -0.25) is 29.6 Å². The third-order valence-corrected chi connectivity index (χ3v) is 5.61. The highest BCUT2D eigenvalue weighted by Gasteiger charge is 2.38. The minimum atomic E-state index is -1.18. The molecule has 0 saturated carbocycles. The van der Waals surface area contributed by atoms with E-state index in [0.29, 0.717) is 11.5 Å². The van der Waals surface area contributed by atoms with Crippen LogP contribution in [0, 0.1) is 11.7 Å². The normalized spacial score (nSPS) is 15.9. The SMILES string of the molecule is COc1ccc(C(=O)NN2C[C@H](C(=O)O[C@H](CCCl)C(=O)c3ccc(F)cc3)CC2=O)cc1OC. The van der Waals surface area contributed by atoms with Crippen LogP contribution in [-0.2, 0) is 14.3 Å². The number of rotatable bonds is 10. The smallest absolute Gasteiger partial charge is 0.312 e. The molecule has 1 fully saturated rings. The Labute approximate surface area is 206 Å². The number of alkyl halides is 1. The number of Topliss-reactive ketones (excluding diaryl/α,β-unsaturated/α-hetero) is 1. The fraction of sp³-hybridized carbons (Fsp3) is 0.333. The molecule has 9 nitrogen and oxygen atoms in total. The molecule has 3 rings (SSSR count). The molecule has 1 heterocycles. The lowest BCUT2D eigenvalue weighted by Crippen LogP contribution is -2.43. The molecular formula is C24H24ClFN2O7. The van der Waals surface area contributed by atoms with Crippen LogP contribution < -0.4 is 14.9 Å². The number of nitrogens with one attached hydrogen (secondary N) is 1. The van der Waals surface area contributed by atoms with Gasteiger partial charge >= 0.3 is 5.97 Å². The highest BCUT2D eigenvalue weighted by atomic mass is 35.5. The molecule has 1 aliphatic rings. The summed E-state index contributed by atoms with van der Waals surface area (Å²) in [5.41, 5.74) is 2.85. The zero-order valence-electron chi connectivity index (χ0n) is 19.1. The van der Waals surface area contributed by atoms with Crippen LogP contribution in [-0.4, -0.2) is 61.3 Å². The van der Waals surface area contributed by atoms with E-state index >= 15 is 0 Å². The molecule has 1 saturated heterocycles. The van der Waals surface area contributed by atoms with Crippen molar-refractivity contribution in [3.63, 3.8) is 0 Å². The predicted molar refractivity (Wildman–Crippen MR) is 123 cm³/mol. The predicted octanol–water partition coefficient (Wildman–Crippen LogP) is 2.76. The van der Waals surface area contributed by atoms with Crippen molar-refractivity contribution in [2.24, 2.45) is 5.92 Å². The maximum absolute atomic E-state index is 13.2. The molecule has 11 heteroatoms. The van der Waals surface area contributed by atoms with Gasteiger partial charge < -0.3 is 14.2 Å². The van der Waals surface area contributed by atoms with Crippen LogP contribution in [0.1, 0.15) is 33.6 Å². The Kier molecular flexibility index (Phi) is 8.64. The monoisotopic (exact) mass is 506 g/mol. The minimum absolute atomic E-state index is 0.0436. The van der Waals surface area contributed by atoms with E-state index in [9.17, 15) is 23.6 Å². The fourth-order valence-electron chi connectivity index (χ4n) is 3.52. The van der Waals surface area contributed by atoms with Gasteiger partial charge in [0, 0.05) is 29.8 Å². The van der Waals surface area contributed by atoms with Crippen LogP contribution in [0.4, 0.5) is 4.39 Å². The highest BCUT2D eigenvalue weighted by molar-refractivity contribution is 6.18. The lowest BCUT2D eigenvalue weighted by molar-refractivity contribution is -0.151. The van der Waals surface area contributed by atoms with E-state index < -0.39 is 41.4 Å².